The van der Waals surface area contributed by atoms with E-state index in [1.54, 1.807) is 45.0 Å². The average molecular weight is 464 g/mol. The van der Waals surface area contributed by atoms with E-state index in [2.05, 4.69) is 5.32 Å². The molecule has 0 aliphatic heterocycles. The number of carbonyl (C=O) groups is 2. The predicted molar refractivity (Wildman–Crippen MR) is 123 cm³/mol. The van der Waals surface area contributed by atoms with Crippen molar-refractivity contribution in [3.05, 3.63) is 65.5 Å². The molecule has 0 aliphatic rings. The van der Waals surface area contributed by atoms with Gasteiger partial charge in [-0.1, -0.05) is 29.8 Å². The Morgan fingerprint density at radius 3 is 2.06 bits per heavy atom. The standard InChI is InChI=1S/C23H30FN3O4S/c1-16(2)25-23(29)18(4)26(14-19-8-10-20(24)11-9-19)22(28)15-27(32(5,30)31)21-12-6-17(3)7-13-21/h6-13,16,18H,14-15H2,1-5H3,(H,25,29)/t18-/m0/s1. The van der Waals surface area contributed by atoms with Gasteiger partial charge in [0.1, 0.15) is 18.4 Å². The van der Waals surface area contributed by atoms with E-state index >= 15 is 0 Å². The summed E-state index contributed by atoms with van der Waals surface area (Å²) in [6, 6.07) is 11.4. The summed E-state index contributed by atoms with van der Waals surface area (Å²) in [5, 5.41) is 2.77. The third-order valence-electron chi connectivity index (χ3n) is 4.87. The fourth-order valence-electron chi connectivity index (χ4n) is 3.10. The highest BCUT2D eigenvalue weighted by Gasteiger charge is 2.30. The third-order valence-corrected chi connectivity index (χ3v) is 6.01. The molecule has 0 aromatic heterocycles. The lowest BCUT2D eigenvalue weighted by molar-refractivity contribution is -0.139. The lowest BCUT2D eigenvalue weighted by Crippen LogP contribution is -2.52. The Morgan fingerprint density at radius 1 is 1.00 bits per heavy atom. The lowest BCUT2D eigenvalue weighted by Gasteiger charge is -2.32. The summed E-state index contributed by atoms with van der Waals surface area (Å²) < 4.78 is 39.2. The number of sulfonamides is 1. The second-order valence-electron chi connectivity index (χ2n) is 8.09. The Bertz CT molecular complexity index is 1040. The van der Waals surface area contributed by atoms with Crippen molar-refractivity contribution in [1.82, 2.24) is 10.2 Å². The number of amides is 2. The Kier molecular flexibility index (Phi) is 8.38. The highest BCUT2D eigenvalue weighted by atomic mass is 32.2. The smallest absolute Gasteiger partial charge is 0.244 e. The van der Waals surface area contributed by atoms with Crippen molar-refractivity contribution in [3.8, 4) is 0 Å². The molecular formula is C23H30FN3O4S. The minimum atomic E-state index is -3.77. The van der Waals surface area contributed by atoms with Crippen molar-refractivity contribution in [2.45, 2.75) is 46.3 Å². The molecule has 0 heterocycles. The van der Waals surface area contributed by atoms with Crippen LogP contribution in [0.4, 0.5) is 10.1 Å². The van der Waals surface area contributed by atoms with Crippen LogP contribution >= 0.6 is 0 Å². The summed E-state index contributed by atoms with van der Waals surface area (Å²) in [5.41, 5.74) is 1.92. The van der Waals surface area contributed by atoms with E-state index in [0.29, 0.717) is 11.3 Å². The van der Waals surface area contributed by atoms with Gasteiger partial charge < -0.3 is 10.2 Å². The van der Waals surface area contributed by atoms with Crippen LogP contribution in [0.2, 0.25) is 0 Å². The van der Waals surface area contributed by atoms with Crippen molar-refractivity contribution in [2.24, 2.45) is 0 Å². The van der Waals surface area contributed by atoms with Crippen LogP contribution in [-0.4, -0.2) is 50.0 Å². The zero-order valence-electron chi connectivity index (χ0n) is 19.0. The maximum absolute atomic E-state index is 13.3. The summed E-state index contributed by atoms with van der Waals surface area (Å²) in [4.78, 5) is 27.2. The van der Waals surface area contributed by atoms with E-state index in [4.69, 9.17) is 0 Å². The van der Waals surface area contributed by atoms with E-state index in [-0.39, 0.29) is 18.5 Å². The van der Waals surface area contributed by atoms with E-state index in [9.17, 15) is 22.4 Å². The molecule has 0 unspecified atom stereocenters. The molecule has 2 rings (SSSR count). The number of carbonyl (C=O) groups excluding carboxylic acids is 2. The van der Waals surface area contributed by atoms with Crippen molar-refractivity contribution in [2.75, 3.05) is 17.1 Å². The van der Waals surface area contributed by atoms with Crippen molar-refractivity contribution >= 4 is 27.5 Å². The Balaban J connectivity index is 2.36. The lowest BCUT2D eigenvalue weighted by atomic mass is 10.1. The molecule has 2 amide bonds. The molecule has 0 saturated heterocycles. The van der Waals surface area contributed by atoms with Gasteiger partial charge in [-0.15, -0.1) is 0 Å². The first-order chi connectivity index (χ1) is 14.9. The molecule has 2 aromatic rings. The number of rotatable bonds is 9. The van der Waals surface area contributed by atoms with Crippen LogP contribution in [0.5, 0.6) is 0 Å². The topological polar surface area (TPSA) is 86.8 Å². The minimum absolute atomic E-state index is 0.0251. The van der Waals surface area contributed by atoms with Gasteiger partial charge in [0, 0.05) is 12.6 Å². The fraction of sp³-hybridized carbons (Fsp3) is 0.391. The molecule has 0 fully saturated rings. The maximum Gasteiger partial charge on any atom is 0.244 e. The quantitative estimate of drug-likeness (QED) is 0.620. The highest BCUT2D eigenvalue weighted by molar-refractivity contribution is 7.92. The average Bonchev–Trinajstić information content (AvgIpc) is 2.70. The van der Waals surface area contributed by atoms with Crippen molar-refractivity contribution in [1.29, 1.82) is 0 Å². The number of aryl methyl sites for hydroxylation is 1. The van der Waals surface area contributed by atoms with Gasteiger partial charge in [0.25, 0.3) is 0 Å². The molecule has 1 atom stereocenters. The first-order valence-corrected chi connectivity index (χ1v) is 12.1. The summed E-state index contributed by atoms with van der Waals surface area (Å²) in [5.74, 6) is -1.33. The van der Waals surface area contributed by atoms with Gasteiger partial charge >= 0.3 is 0 Å². The monoisotopic (exact) mass is 463 g/mol. The van der Waals surface area contributed by atoms with Gasteiger partial charge in [0.05, 0.1) is 11.9 Å². The SMILES string of the molecule is Cc1ccc(N(CC(=O)N(Cc2ccc(F)cc2)[C@@H](C)C(=O)NC(C)C)S(C)(=O)=O)cc1. The Morgan fingerprint density at radius 2 is 1.56 bits per heavy atom. The molecule has 32 heavy (non-hydrogen) atoms. The normalized spacial score (nSPS) is 12.3. The molecule has 0 aliphatic carbocycles. The summed E-state index contributed by atoms with van der Waals surface area (Å²) in [7, 11) is -3.77. The number of halogens is 1. The molecule has 0 spiro atoms. The zero-order valence-corrected chi connectivity index (χ0v) is 19.8. The molecule has 2 aromatic carbocycles. The number of benzene rings is 2. The van der Waals surface area contributed by atoms with Crippen LogP contribution in [0, 0.1) is 12.7 Å². The van der Waals surface area contributed by atoms with E-state index < -0.39 is 34.3 Å². The van der Waals surface area contributed by atoms with Gasteiger partial charge in [0.2, 0.25) is 21.8 Å². The van der Waals surface area contributed by atoms with E-state index in [0.717, 1.165) is 16.1 Å². The van der Waals surface area contributed by atoms with E-state index in [1.807, 2.05) is 6.92 Å². The van der Waals surface area contributed by atoms with Gasteiger partial charge in [-0.3, -0.25) is 13.9 Å². The Hall–Kier alpha value is -2.94. The first kappa shape index (κ1) is 25.3. The molecule has 0 saturated carbocycles. The van der Waals surface area contributed by atoms with Gasteiger partial charge in [-0.05, 0) is 57.5 Å². The number of hydrogen-bond donors (Lipinski definition) is 1. The largest absolute Gasteiger partial charge is 0.352 e. The van der Waals surface area contributed by atoms with Gasteiger partial charge in [-0.25, -0.2) is 12.8 Å². The van der Waals surface area contributed by atoms with E-state index in [1.165, 1.54) is 29.2 Å². The highest BCUT2D eigenvalue weighted by Crippen LogP contribution is 2.19. The van der Waals surface area contributed by atoms with Gasteiger partial charge in [-0.2, -0.15) is 0 Å². The summed E-state index contributed by atoms with van der Waals surface area (Å²) in [6.07, 6.45) is 1.03. The number of anilines is 1. The van der Waals surface area contributed by atoms with Crippen LogP contribution in [0.3, 0.4) is 0 Å². The van der Waals surface area contributed by atoms with Crippen LogP contribution in [0.25, 0.3) is 0 Å². The molecule has 174 valence electrons. The molecule has 7 nitrogen and oxygen atoms in total. The first-order valence-electron chi connectivity index (χ1n) is 10.3. The van der Waals surface area contributed by atoms with Crippen molar-refractivity contribution < 1.29 is 22.4 Å². The van der Waals surface area contributed by atoms with Crippen LogP contribution in [0.15, 0.2) is 48.5 Å². The van der Waals surface area contributed by atoms with Crippen LogP contribution < -0.4 is 9.62 Å². The zero-order chi connectivity index (χ0) is 24.1. The molecule has 0 radical (unpaired) electrons. The minimum Gasteiger partial charge on any atom is -0.352 e. The Labute approximate surface area is 189 Å². The van der Waals surface area contributed by atoms with Crippen molar-refractivity contribution in [3.63, 3.8) is 0 Å². The molecule has 0 bridgehead atoms. The van der Waals surface area contributed by atoms with Crippen LogP contribution in [-0.2, 0) is 26.2 Å². The third kappa shape index (κ3) is 7.05. The fourth-order valence-corrected chi connectivity index (χ4v) is 3.95. The number of nitrogens with one attached hydrogen (secondary N) is 1. The molecule has 9 heteroatoms. The number of hydrogen-bond acceptors (Lipinski definition) is 4. The summed E-state index contributed by atoms with van der Waals surface area (Å²) >= 11 is 0. The molecule has 1 N–H and O–H groups in total. The molecular weight excluding hydrogens is 433 g/mol. The predicted octanol–water partition coefficient (Wildman–Crippen LogP) is 2.84. The number of nitrogens with zero attached hydrogens (tertiary/aromatic N) is 2. The second kappa shape index (κ2) is 10.6. The van der Waals surface area contributed by atoms with Gasteiger partial charge in [0.15, 0.2) is 0 Å². The summed E-state index contributed by atoms with van der Waals surface area (Å²) in [6.45, 7) is 6.62. The maximum atomic E-state index is 13.3. The second-order valence-corrected chi connectivity index (χ2v) is 10.00. The van der Waals surface area contributed by atoms with Crippen LogP contribution in [0.1, 0.15) is 31.9 Å².